The highest BCUT2D eigenvalue weighted by atomic mass is 16.3. The summed E-state index contributed by atoms with van der Waals surface area (Å²) < 4.78 is 0. The summed E-state index contributed by atoms with van der Waals surface area (Å²) in [4.78, 5) is 29.7. The molecule has 2 saturated heterocycles. The molecule has 0 spiro atoms. The van der Waals surface area contributed by atoms with Gasteiger partial charge in [0.05, 0.1) is 6.10 Å². The van der Waals surface area contributed by atoms with Crippen LogP contribution in [0.2, 0.25) is 0 Å². The van der Waals surface area contributed by atoms with Gasteiger partial charge in [0, 0.05) is 56.7 Å². The van der Waals surface area contributed by atoms with Crippen LogP contribution in [0.1, 0.15) is 52.4 Å². The molecule has 3 aliphatic carbocycles. The second-order valence-electron chi connectivity index (χ2n) is 11.0. The maximum absolute atomic E-state index is 13.5. The monoisotopic (exact) mass is 415 g/mol. The van der Waals surface area contributed by atoms with Crippen molar-refractivity contribution in [1.29, 1.82) is 0 Å². The lowest BCUT2D eigenvalue weighted by Crippen LogP contribution is -2.59. The van der Waals surface area contributed by atoms with Crippen molar-refractivity contribution in [2.45, 2.75) is 58.5 Å². The van der Waals surface area contributed by atoms with Crippen LogP contribution < -0.4 is 5.32 Å². The van der Waals surface area contributed by atoms with Gasteiger partial charge in [-0.2, -0.15) is 0 Å². The maximum atomic E-state index is 13.5. The molecule has 2 N–H and O–H groups in total. The summed E-state index contributed by atoms with van der Waals surface area (Å²) in [6, 6.07) is 0. The van der Waals surface area contributed by atoms with Crippen LogP contribution >= 0.6 is 0 Å². The quantitative estimate of drug-likeness (QED) is 0.687. The van der Waals surface area contributed by atoms with Gasteiger partial charge in [0.15, 0.2) is 0 Å². The number of carbonyl (C=O) groups excluding carboxylic acids is 2. The molecule has 4 unspecified atom stereocenters. The summed E-state index contributed by atoms with van der Waals surface area (Å²) in [6.07, 6.45) is 6.91. The highest BCUT2D eigenvalue weighted by Crippen LogP contribution is 2.66. The highest BCUT2D eigenvalue weighted by Gasteiger charge is 2.63. The van der Waals surface area contributed by atoms with E-state index in [9.17, 15) is 14.7 Å². The van der Waals surface area contributed by atoms with Crippen LogP contribution in [0, 0.1) is 34.5 Å². The van der Waals surface area contributed by atoms with Crippen molar-refractivity contribution in [1.82, 2.24) is 15.1 Å². The minimum absolute atomic E-state index is 0.0324. The highest BCUT2D eigenvalue weighted by molar-refractivity contribution is 5.81. The molecular formula is C24H37N3O3. The van der Waals surface area contributed by atoms with Gasteiger partial charge in [-0.25, -0.2) is 0 Å². The zero-order chi connectivity index (χ0) is 21.3. The summed E-state index contributed by atoms with van der Waals surface area (Å²) >= 11 is 0. The van der Waals surface area contributed by atoms with Gasteiger partial charge < -0.3 is 20.2 Å². The number of piperidine rings is 1. The summed E-state index contributed by atoms with van der Waals surface area (Å²) in [6.45, 7) is 7.91. The standard InChI is InChI=1S/C24H37N3O3/c1-23-9-8-20(29)26(3)19(23)7-4-15-16-5-6-17(22(30)27-12-10-25-11-13-27)24(16,2)14-18(28)21(15)23/h7,15-18,21,25,28H,4-6,8-14H2,1-3H3/t15?,16?,17?,18-,21?,23-,24-/m0/s1. The molecule has 7 atom stereocenters. The number of allylic oxidation sites excluding steroid dienone is 2. The number of hydrogen-bond donors (Lipinski definition) is 2. The van der Waals surface area contributed by atoms with Crippen molar-refractivity contribution >= 4 is 11.8 Å². The van der Waals surface area contributed by atoms with E-state index in [4.69, 9.17) is 0 Å². The van der Waals surface area contributed by atoms with Crippen LogP contribution in [0.4, 0.5) is 0 Å². The summed E-state index contributed by atoms with van der Waals surface area (Å²) in [5.41, 5.74) is 0.849. The van der Waals surface area contributed by atoms with Gasteiger partial charge in [0.1, 0.15) is 0 Å². The summed E-state index contributed by atoms with van der Waals surface area (Å²) in [5.74, 6) is 1.59. The lowest BCUT2D eigenvalue weighted by molar-refractivity contribution is -0.156. The Morgan fingerprint density at radius 1 is 1.23 bits per heavy atom. The molecule has 4 fully saturated rings. The summed E-state index contributed by atoms with van der Waals surface area (Å²) in [7, 11) is 1.89. The Kier molecular flexibility index (Phi) is 4.82. The number of likely N-dealkylation sites (tertiary alicyclic amines) is 1. The van der Waals surface area contributed by atoms with E-state index >= 15 is 0 Å². The molecule has 0 bridgehead atoms. The number of hydrogen-bond acceptors (Lipinski definition) is 4. The van der Waals surface area contributed by atoms with Gasteiger partial charge in [-0.05, 0) is 55.3 Å². The van der Waals surface area contributed by atoms with Crippen molar-refractivity contribution in [3.05, 3.63) is 11.8 Å². The number of amides is 2. The predicted molar refractivity (Wildman–Crippen MR) is 114 cm³/mol. The second-order valence-corrected chi connectivity index (χ2v) is 11.0. The number of aliphatic hydroxyl groups is 1. The van der Waals surface area contributed by atoms with Crippen LogP contribution in [0.3, 0.4) is 0 Å². The smallest absolute Gasteiger partial charge is 0.226 e. The van der Waals surface area contributed by atoms with E-state index in [1.54, 1.807) is 0 Å². The Bertz CT molecular complexity index is 776. The molecule has 5 aliphatic rings. The molecule has 6 heteroatoms. The molecule has 6 nitrogen and oxygen atoms in total. The van der Waals surface area contributed by atoms with Crippen molar-refractivity contribution in [2.75, 3.05) is 33.2 Å². The molecule has 30 heavy (non-hydrogen) atoms. The van der Waals surface area contributed by atoms with Crippen molar-refractivity contribution in [3.63, 3.8) is 0 Å². The normalized spacial score (nSPS) is 46.1. The Hall–Kier alpha value is -1.40. The average molecular weight is 416 g/mol. The fourth-order valence-corrected chi connectivity index (χ4v) is 8.23. The van der Waals surface area contributed by atoms with E-state index in [1.165, 1.54) is 0 Å². The van der Waals surface area contributed by atoms with Crippen molar-refractivity contribution < 1.29 is 14.7 Å². The molecule has 0 aromatic carbocycles. The van der Waals surface area contributed by atoms with E-state index < -0.39 is 6.10 Å². The zero-order valence-corrected chi connectivity index (χ0v) is 18.7. The molecule has 2 saturated carbocycles. The molecule has 2 aliphatic heterocycles. The first kappa shape index (κ1) is 20.5. The third kappa shape index (κ3) is 2.75. The number of rotatable bonds is 1. The number of aliphatic hydroxyl groups excluding tert-OH is 1. The number of piperazine rings is 1. The van der Waals surface area contributed by atoms with Gasteiger partial charge in [0.25, 0.3) is 0 Å². The molecule has 0 radical (unpaired) electrons. The largest absolute Gasteiger partial charge is 0.393 e. The van der Waals surface area contributed by atoms with Gasteiger partial charge >= 0.3 is 0 Å². The van der Waals surface area contributed by atoms with Gasteiger partial charge in [-0.15, -0.1) is 0 Å². The molecule has 0 aromatic heterocycles. The number of carbonyl (C=O) groups is 2. The Labute approximate surface area is 180 Å². The minimum atomic E-state index is -0.414. The van der Waals surface area contributed by atoms with Crippen LogP contribution in [0.25, 0.3) is 0 Å². The van der Waals surface area contributed by atoms with Crippen LogP contribution in [0.15, 0.2) is 11.8 Å². The third-order valence-corrected chi connectivity index (χ3v) is 9.68. The average Bonchev–Trinajstić information content (AvgIpc) is 3.07. The van der Waals surface area contributed by atoms with E-state index in [1.807, 2.05) is 11.9 Å². The lowest BCUT2D eigenvalue weighted by atomic mass is 9.48. The van der Waals surface area contributed by atoms with E-state index in [-0.39, 0.29) is 28.6 Å². The van der Waals surface area contributed by atoms with Gasteiger partial charge in [-0.3, -0.25) is 9.59 Å². The first-order valence-corrected chi connectivity index (χ1v) is 11.9. The number of fused-ring (bicyclic) bond motifs is 5. The number of nitrogens with zero attached hydrogens (tertiary/aromatic N) is 2. The molecule has 2 amide bonds. The Morgan fingerprint density at radius 3 is 2.70 bits per heavy atom. The molecule has 5 rings (SSSR count). The van der Waals surface area contributed by atoms with Gasteiger partial charge in [-0.1, -0.05) is 19.9 Å². The fourth-order valence-electron chi connectivity index (χ4n) is 8.23. The molecular weight excluding hydrogens is 378 g/mol. The van der Waals surface area contributed by atoms with E-state index in [0.29, 0.717) is 30.6 Å². The predicted octanol–water partition coefficient (Wildman–Crippen LogP) is 1.99. The topological polar surface area (TPSA) is 72.9 Å². The summed E-state index contributed by atoms with van der Waals surface area (Å²) in [5, 5.41) is 14.9. The SMILES string of the molecule is CN1C(=O)CC[C@@]2(C)C1=CCC1C3CCC(C(=O)N4CCNCC4)[C@@]3(C)C[C@H](O)C12. The molecule has 0 aromatic rings. The number of nitrogens with one attached hydrogen (secondary N) is 1. The fraction of sp³-hybridized carbons (Fsp3) is 0.833. The zero-order valence-electron chi connectivity index (χ0n) is 18.7. The van der Waals surface area contributed by atoms with E-state index in [0.717, 1.165) is 57.6 Å². The molecule has 2 heterocycles. The second kappa shape index (κ2) is 7.06. The van der Waals surface area contributed by atoms with Crippen LogP contribution in [-0.2, 0) is 9.59 Å². The van der Waals surface area contributed by atoms with Crippen molar-refractivity contribution in [2.24, 2.45) is 34.5 Å². The first-order valence-electron chi connectivity index (χ1n) is 11.9. The third-order valence-electron chi connectivity index (χ3n) is 9.68. The van der Waals surface area contributed by atoms with E-state index in [2.05, 4.69) is 30.1 Å². The minimum Gasteiger partial charge on any atom is -0.393 e. The first-order chi connectivity index (χ1) is 14.3. The maximum Gasteiger partial charge on any atom is 0.226 e. The van der Waals surface area contributed by atoms with Crippen LogP contribution in [0.5, 0.6) is 0 Å². The lowest BCUT2D eigenvalue weighted by Gasteiger charge is -2.60. The van der Waals surface area contributed by atoms with Gasteiger partial charge in [0.2, 0.25) is 11.8 Å². The Morgan fingerprint density at radius 2 is 1.97 bits per heavy atom. The molecule has 166 valence electrons. The van der Waals surface area contributed by atoms with Crippen LogP contribution in [-0.4, -0.2) is 66.1 Å². The van der Waals surface area contributed by atoms with Crippen molar-refractivity contribution in [3.8, 4) is 0 Å². The Balaban J connectivity index is 1.45.